The van der Waals surface area contributed by atoms with Crippen molar-refractivity contribution in [1.82, 2.24) is 4.90 Å². The van der Waals surface area contributed by atoms with Gasteiger partial charge < -0.3 is 10.2 Å². The molecule has 0 fully saturated rings. The number of anilines is 1. The summed E-state index contributed by atoms with van der Waals surface area (Å²) in [5.41, 5.74) is 1.67. The fourth-order valence-electron chi connectivity index (χ4n) is 1.82. The Balaban J connectivity index is 2.18. The number of amides is 2. The van der Waals surface area contributed by atoms with Gasteiger partial charge in [0.1, 0.15) is 0 Å². The summed E-state index contributed by atoms with van der Waals surface area (Å²) in [5, 5.41) is 2.79. The highest BCUT2D eigenvalue weighted by Gasteiger charge is 2.10. The number of nitrogens with one attached hydrogen (secondary N) is 1. The van der Waals surface area contributed by atoms with E-state index in [2.05, 4.69) is 21.2 Å². The van der Waals surface area contributed by atoms with Crippen LogP contribution in [0, 0.1) is 0 Å². The second-order valence-electron chi connectivity index (χ2n) is 4.74. The van der Waals surface area contributed by atoms with Crippen molar-refractivity contribution >= 4 is 33.4 Å². The van der Waals surface area contributed by atoms with Crippen molar-refractivity contribution in [3.05, 3.63) is 64.1 Å². The Morgan fingerprint density at radius 1 is 1.00 bits per heavy atom. The van der Waals surface area contributed by atoms with Gasteiger partial charge >= 0.3 is 0 Å². The normalized spacial score (nSPS) is 10.0. The Bertz CT molecular complexity index is 683. The summed E-state index contributed by atoms with van der Waals surface area (Å²) >= 11 is 3.33. The molecular formula is C16H15BrN2O2. The Kier molecular flexibility index (Phi) is 4.75. The highest BCUT2D eigenvalue weighted by atomic mass is 79.9. The minimum atomic E-state index is -0.217. The SMILES string of the molecule is CN(C)C(=O)c1cccc(NC(=O)c2cccc(Br)c2)c1. The molecule has 1 N–H and O–H groups in total. The third-order valence-corrected chi connectivity index (χ3v) is 3.35. The van der Waals surface area contributed by atoms with Crippen LogP contribution in [0.4, 0.5) is 5.69 Å². The predicted molar refractivity (Wildman–Crippen MR) is 86.6 cm³/mol. The smallest absolute Gasteiger partial charge is 0.255 e. The van der Waals surface area contributed by atoms with Crippen molar-refractivity contribution < 1.29 is 9.59 Å². The molecule has 108 valence electrons. The summed E-state index contributed by atoms with van der Waals surface area (Å²) in [6.07, 6.45) is 0. The molecule has 0 saturated carbocycles. The number of hydrogen-bond donors (Lipinski definition) is 1. The van der Waals surface area contributed by atoms with E-state index in [0.29, 0.717) is 16.8 Å². The van der Waals surface area contributed by atoms with Gasteiger partial charge in [-0.15, -0.1) is 0 Å². The predicted octanol–water partition coefficient (Wildman–Crippen LogP) is 3.40. The zero-order valence-corrected chi connectivity index (χ0v) is 13.3. The van der Waals surface area contributed by atoms with E-state index in [1.807, 2.05) is 6.07 Å². The highest BCUT2D eigenvalue weighted by Crippen LogP contribution is 2.16. The lowest BCUT2D eigenvalue weighted by Crippen LogP contribution is -2.21. The molecule has 0 aromatic heterocycles. The zero-order valence-electron chi connectivity index (χ0n) is 11.8. The molecule has 2 rings (SSSR count). The van der Waals surface area contributed by atoms with E-state index in [1.54, 1.807) is 56.6 Å². The van der Waals surface area contributed by atoms with Crippen LogP contribution in [0.3, 0.4) is 0 Å². The fourth-order valence-corrected chi connectivity index (χ4v) is 2.22. The van der Waals surface area contributed by atoms with E-state index in [0.717, 1.165) is 4.47 Å². The standard InChI is InChI=1S/C16H15BrN2O2/c1-19(2)16(21)12-6-4-8-14(10-12)18-15(20)11-5-3-7-13(17)9-11/h3-10H,1-2H3,(H,18,20). The van der Waals surface area contributed by atoms with Crippen LogP contribution < -0.4 is 5.32 Å². The molecule has 0 heterocycles. The van der Waals surface area contributed by atoms with Crippen LogP contribution in [0.5, 0.6) is 0 Å². The Morgan fingerprint density at radius 2 is 1.67 bits per heavy atom. The third kappa shape index (κ3) is 3.92. The van der Waals surface area contributed by atoms with E-state index in [1.165, 1.54) is 4.90 Å². The van der Waals surface area contributed by atoms with Gasteiger partial charge in [-0.25, -0.2) is 0 Å². The topological polar surface area (TPSA) is 49.4 Å². The molecule has 0 spiro atoms. The number of carbonyl (C=O) groups excluding carboxylic acids is 2. The Hall–Kier alpha value is -2.14. The number of halogens is 1. The van der Waals surface area contributed by atoms with Crippen LogP contribution in [0.1, 0.15) is 20.7 Å². The summed E-state index contributed by atoms with van der Waals surface area (Å²) in [7, 11) is 3.38. The van der Waals surface area contributed by atoms with Crippen LogP contribution in [-0.4, -0.2) is 30.8 Å². The van der Waals surface area contributed by atoms with Crippen molar-refractivity contribution in [3.63, 3.8) is 0 Å². The minimum Gasteiger partial charge on any atom is -0.345 e. The van der Waals surface area contributed by atoms with Gasteiger partial charge in [-0.05, 0) is 36.4 Å². The lowest BCUT2D eigenvalue weighted by molar-refractivity contribution is 0.0827. The van der Waals surface area contributed by atoms with Gasteiger partial charge in [0.2, 0.25) is 0 Å². The van der Waals surface area contributed by atoms with Crippen molar-refractivity contribution in [2.75, 3.05) is 19.4 Å². The van der Waals surface area contributed by atoms with E-state index in [-0.39, 0.29) is 11.8 Å². The van der Waals surface area contributed by atoms with E-state index in [9.17, 15) is 9.59 Å². The maximum atomic E-state index is 12.2. The second kappa shape index (κ2) is 6.54. The van der Waals surface area contributed by atoms with Gasteiger partial charge in [0, 0.05) is 35.4 Å². The number of nitrogens with zero attached hydrogens (tertiary/aromatic N) is 1. The van der Waals surface area contributed by atoms with E-state index in [4.69, 9.17) is 0 Å². The number of benzene rings is 2. The molecule has 0 atom stereocenters. The molecule has 0 bridgehead atoms. The Labute approximate surface area is 131 Å². The summed E-state index contributed by atoms with van der Waals surface area (Å²) in [5.74, 6) is -0.320. The summed E-state index contributed by atoms with van der Waals surface area (Å²) in [6.45, 7) is 0. The van der Waals surface area contributed by atoms with Crippen molar-refractivity contribution in [1.29, 1.82) is 0 Å². The summed E-state index contributed by atoms with van der Waals surface area (Å²) < 4.78 is 0.840. The van der Waals surface area contributed by atoms with Crippen LogP contribution in [0.15, 0.2) is 53.0 Å². The van der Waals surface area contributed by atoms with Gasteiger partial charge in [0.15, 0.2) is 0 Å². The van der Waals surface area contributed by atoms with Gasteiger partial charge in [0.25, 0.3) is 11.8 Å². The lowest BCUT2D eigenvalue weighted by atomic mass is 10.1. The molecule has 0 unspecified atom stereocenters. The molecule has 2 amide bonds. The quantitative estimate of drug-likeness (QED) is 0.925. The lowest BCUT2D eigenvalue weighted by Gasteiger charge is -2.11. The molecule has 0 aliphatic carbocycles. The molecule has 5 heteroatoms. The molecule has 2 aromatic carbocycles. The maximum absolute atomic E-state index is 12.2. The molecule has 2 aromatic rings. The molecule has 0 radical (unpaired) electrons. The molecule has 0 aliphatic heterocycles. The Morgan fingerprint density at radius 3 is 2.33 bits per heavy atom. The minimum absolute atomic E-state index is 0.103. The first-order valence-corrected chi connectivity index (χ1v) is 7.15. The van der Waals surface area contributed by atoms with Crippen LogP contribution in [0.25, 0.3) is 0 Å². The molecule has 0 saturated heterocycles. The molecular weight excluding hydrogens is 332 g/mol. The first-order valence-electron chi connectivity index (χ1n) is 6.36. The van der Waals surface area contributed by atoms with Crippen molar-refractivity contribution in [3.8, 4) is 0 Å². The average Bonchev–Trinajstić information content (AvgIpc) is 2.46. The number of carbonyl (C=O) groups is 2. The first kappa shape index (κ1) is 15.3. The van der Waals surface area contributed by atoms with Crippen LogP contribution >= 0.6 is 15.9 Å². The molecule has 4 nitrogen and oxygen atoms in total. The van der Waals surface area contributed by atoms with Gasteiger partial charge in [-0.3, -0.25) is 9.59 Å². The first-order chi connectivity index (χ1) is 9.97. The monoisotopic (exact) mass is 346 g/mol. The van der Waals surface area contributed by atoms with Gasteiger partial charge in [-0.2, -0.15) is 0 Å². The van der Waals surface area contributed by atoms with E-state index < -0.39 is 0 Å². The van der Waals surface area contributed by atoms with Crippen LogP contribution in [0.2, 0.25) is 0 Å². The van der Waals surface area contributed by atoms with Crippen LogP contribution in [-0.2, 0) is 0 Å². The summed E-state index contributed by atoms with van der Waals surface area (Å²) in [6, 6.07) is 14.0. The molecule has 21 heavy (non-hydrogen) atoms. The number of hydrogen-bond acceptors (Lipinski definition) is 2. The van der Waals surface area contributed by atoms with E-state index >= 15 is 0 Å². The summed E-state index contributed by atoms with van der Waals surface area (Å²) in [4.78, 5) is 25.6. The number of rotatable bonds is 3. The third-order valence-electron chi connectivity index (χ3n) is 2.86. The van der Waals surface area contributed by atoms with Crippen molar-refractivity contribution in [2.45, 2.75) is 0 Å². The fraction of sp³-hybridized carbons (Fsp3) is 0.125. The largest absolute Gasteiger partial charge is 0.345 e. The van der Waals surface area contributed by atoms with Crippen molar-refractivity contribution in [2.24, 2.45) is 0 Å². The van der Waals surface area contributed by atoms with Gasteiger partial charge in [-0.1, -0.05) is 28.1 Å². The average molecular weight is 347 g/mol. The van der Waals surface area contributed by atoms with Gasteiger partial charge in [0.05, 0.1) is 0 Å². The molecule has 0 aliphatic rings. The maximum Gasteiger partial charge on any atom is 0.255 e. The second-order valence-corrected chi connectivity index (χ2v) is 5.66. The highest BCUT2D eigenvalue weighted by molar-refractivity contribution is 9.10. The zero-order chi connectivity index (χ0) is 15.4.